The van der Waals surface area contributed by atoms with Gasteiger partial charge in [0, 0.05) is 12.1 Å². The zero-order chi connectivity index (χ0) is 10.8. The minimum atomic E-state index is -4.24. The zero-order valence-corrected chi connectivity index (χ0v) is 7.24. The fraction of sp³-hybridized carbons (Fsp3) is 0.333. The molecule has 1 rings (SSSR count). The Balaban J connectivity index is 2.72. The van der Waals surface area contributed by atoms with E-state index in [9.17, 15) is 17.6 Å². The molecule has 2 N–H and O–H groups in total. The van der Waals surface area contributed by atoms with Crippen LogP contribution in [0.3, 0.4) is 0 Å². The molecule has 0 atom stereocenters. The molecule has 0 heterocycles. The average molecular weight is 207 g/mol. The molecule has 0 bridgehead atoms. The molecule has 0 spiro atoms. The maximum Gasteiger partial charge on any atom is 0.389 e. The van der Waals surface area contributed by atoms with Crippen molar-refractivity contribution in [2.75, 3.05) is 5.73 Å². The van der Waals surface area contributed by atoms with Crippen molar-refractivity contribution in [3.63, 3.8) is 0 Å². The Hall–Kier alpha value is -1.26. The van der Waals surface area contributed by atoms with Crippen LogP contribution in [0.1, 0.15) is 12.0 Å². The van der Waals surface area contributed by atoms with E-state index < -0.39 is 18.4 Å². The molecule has 0 saturated heterocycles. The normalized spacial score (nSPS) is 11.7. The topological polar surface area (TPSA) is 26.0 Å². The van der Waals surface area contributed by atoms with Crippen LogP contribution in [0.15, 0.2) is 18.2 Å². The van der Waals surface area contributed by atoms with Gasteiger partial charge in [0.1, 0.15) is 5.82 Å². The first-order chi connectivity index (χ1) is 6.38. The molecule has 1 nitrogen and oxygen atoms in total. The fourth-order valence-electron chi connectivity index (χ4n) is 1.07. The highest BCUT2D eigenvalue weighted by atomic mass is 19.4. The highest BCUT2D eigenvalue weighted by Gasteiger charge is 2.26. The number of aryl methyl sites for hydroxylation is 1. The van der Waals surface area contributed by atoms with E-state index in [1.165, 1.54) is 6.07 Å². The van der Waals surface area contributed by atoms with Gasteiger partial charge >= 0.3 is 6.18 Å². The molecular weight excluding hydrogens is 198 g/mol. The van der Waals surface area contributed by atoms with Gasteiger partial charge in [-0.1, -0.05) is 0 Å². The summed E-state index contributed by atoms with van der Waals surface area (Å²) in [5.74, 6) is -0.573. The predicted octanol–water partition coefficient (Wildman–Crippen LogP) is 2.90. The quantitative estimate of drug-likeness (QED) is 0.585. The lowest BCUT2D eigenvalue weighted by Gasteiger charge is -2.08. The Morgan fingerprint density at radius 1 is 1.21 bits per heavy atom. The molecule has 1 aromatic rings. The highest BCUT2D eigenvalue weighted by Crippen LogP contribution is 2.24. The van der Waals surface area contributed by atoms with Gasteiger partial charge in [0.05, 0.1) is 0 Å². The molecule has 1 aromatic carbocycles. The number of hydrogen-bond donors (Lipinski definition) is 1. The minimum Gasteiger partial charge on any atom is -0.399 e. The molecule has 0 radical (unpaired) electrons. The Labute approximate surface area is 78.5 Å². The van der Waals surface area contributed by atoms with Crippen molar-refractivity contribution in [2.45, 2.75) is 19.0 Å². The molecule has 0 aliphatic carbocycles. The number of benzene rings is 1. The van der Waals surface area contributed by atoms with Crippen LogP contribution < -0.4 is 5.73 Å². The van der Waals surface area contributed by atoms with E-state index >= 15 is 0 Å². The van der Waals surface area contributed by atoms with E-state index in [-0.39, 0.29) is 17.7 Å². The third-order valence-electron chi connectivity index (χ3n) is 1.78. The van der Waals surface area contributed by atoms with Crippen molar-refractivity contribution < 1.29 is 17.6 Å². The van der Waals surface area contributed by atoms with Crippen LogP contribution in [0.2, 0.25) is 0 Å². The van der Waals surface area contributed by atoms with Crippen LogP contribution in [0.25, 0.3) is 0 Å². The maximum atomic E-state index is 12.6. The summed E-state index contributed by atoms with van der Waals surface area (Å²) in [7, 11) is 0. The van der Waals surface area contributed by atoms with Gasteiger partial charge < -0.3 is 5.73 Å². The lowest BCUT2D eigenvalue weighted by atomic mass is 10.1. The molecule has 0 aromatic heterocycles. The second kappa shape index (κ2) is 3.86. The standard InChI is InChI=1S/C9H9F4N/c10-7-1-2-8(14)6(5-7)3-4-9(11,12)13/h1-2,5H,3-4,14H2. The molecule has 0 aliphatic rings. The zero-order valence-electron chi connectivity index (χ0n) is 7.24. The molecular formula is C9H9F4N. The molecule has 14 heavy (non-hydrogen) atoms. The first-order valence-electron chi connectivity index (χ1n) is 3.99. The van der Waals surface area contributed by atoms with Gasteiger partial charge in [-0.05, 0) is 30.2 Å². The van der Waals surface area contributed by atoms with Crippen molar-refractivity contribution in [3.8, 4) is 0 Å². The molecule has 0 aliphatic heterocycles. The summed E-state index contributed by atoms with van der Waals surface area (Å²) in [6, 6.07) is 3.41. The van der Waals surface area contributed by atoms with E-state index in [0.29, 0.717) is 0 Å². The summed E-state index contributed by atoms with van der Waals surface area (Å²) in [6.45, 7) is 0. The van der Waals surface area contributed by atoms with Gasteiger partial charge in [-0.3, -0.25) is 0 Å². The Kier molecular flexibility index (Phi) is 2.98. The van der Waals surface area contributed by atoms with Crippen LogP contribution >= 0.6 is 0 Å². The summed E-state index contributed by atoms with van der Waals surface area (Å²) in [5, 5.41) is 0. The van der Waals surface area contributed by atoms with Gasteiger partial charge in [-0.2, -0.15) is 13.2 Å². The minimum absolute atomic E-state index is 0.190. The number of halogens is 4. The summed E-state index contributed by atoms with van der Waals surface area (Å²) >= 11 is 0. The lowest BCUT2D eigenvalue weighted by Crippen LogP contribution is -2.09. The van der Waals surface area contributed by atoms with Crippen molar-refractivity contribution >= 4 is 5.69 Å². The Morgan fingerprint density at radius 2 is 1.86 bits per heavy atom. The van der Waals surface area contributed by atoms with E-state index in [0.717, 1.165) is 12.1 Å². The highest BCUT2D eigenvalue weighted by molar-refractivity contribution is 5.46. The molecule has 0 unspecified atom stereocenters. The molecule has 0 saturated carbocycles. The Morgan fingerprint density at radius 3 is 2.43 bits per heavy atom. The van der Waals surface area contributed by atoms with Gasteiger partial charge in [0.2, 0.25) is 0 Å². The van der Waals surface area contributed by atoms with E-state index in [4.69, 9.17) is 5.73 Å². The molecule has 78 valence electrons. The fourth-order valence-corrected chi connectivity index (χ4v) is 1.07. The summed E-state index contributed by atoms with van der Waals surface area (Å²) in [4.78, 5) is 0. The molecule has 0 amide bonds. The number of nitrogen functional groups attached to an aromatic ring is 1. The SMILES string of the molecule is Nc1ccc(F)cc1CCC(F)(F)F. The Bertz CT molecular complexity index is 319. The smallest absolute Gasteiger partial charge is 0.389 e. The predicted molar refractivity (Wildman–Crippen MR) is 45.2 cm³/mol. The monoisotopic (exact) mass is 207 g/mol. The summed E-state index contributed by atoms with van der Waals surface area (Å²) in [5.41, 5.74) is 5.77. The van der Waals surface area contributed by atoms with Crippen LogP contribution in [0, 0.1) is 5.82 Å². The first kappa shape index (κ1) is 10.8. The van der Waals surface area contributed by atoms with Crippen molar-refractivity contribution in [2.24, 2.45) is 0 Å². The number of rotatable bonds is 2. The average Bonchev–Trinajstić information content (AvgIpc) is 2.05. The van der Waals surface area contributed by atoms with Crippen molar-refractivity contribution in [3.05, 3.63) is 29.6 Å². The lowest BCUT2D eigenvalue weighted by molar-refractivity contribution is -0.133. The van der Waals surface area contributed by atoms with Gasteiger partial charge in [-0.25, -0.2) is 4.39 Å². The first-order valence-corrected chi connectivity index (χ1v) is 3.99. The van der Waals surface area contributed by atoms with Crippen LogP contribution in [-0.2, 0) is 6.42 Å². The second-order valence-electron chi connectivity index (χ2n) is 2.96. The van der Waals surface area contributed by atoms with E-state index in [2.05, 4.69) is 0 Å². The van der Waals surface area contributed by atoms with Crippen molar-refractivity contribution in [1.29, 1.82) is 0 Å². The third-order valence-corrected chi connectivity index (χ3v) is 1.78. The number of anilines is 1. The van der Waals surface area contributed by atoms with Gasteiger partial charge in [-0.15, -0.1) is 0 Å². The van der Waals surface area contributed by atoms with Crippen LogP contribution in [0.4, 0.5) is 23.2 Å². The number of hydrogen-bond acceptors (Lipinski definition) is 1. The summed E-state index contributed by atoms with van der Waals surface area (Å²) < 4.78 is 48.1. The summed E-state index contributed by atoms with van der Waals surface area (Å²) in [6.07, 6.45) is -5.51. The molecule has 5 heteroatoms. The van der Waals surface area contributed by atoms with Crippen molar-refractivity contribution in [1.82, 2.24) is 0 Å². The largest absolute Gasteiger partial charge is 0.399 e. The van der Waals surface area contributed by atoms with Gasteiger partial charge in [0.15, 0.2) is 0 Å². The maximum absolute atomic E-state index is 12.6. The van der Waals surface area contributed by atoms with Crippen LogP contribution in [0.5, 0.6) is 0 Å². The molecule has 0 fully saturated rings. The van der Waals surface area contributed by atoms with E-state index in [1.54, 1.807) is 0 Å². The van der Waals surface area contributed by atoms with Crippen LogP contribution in [-0.4, -0.2) is 6.18 Å². The van der Waals surface area contributed by atoms with Gasteiger partial charge in [0.25, 0.3) is 0 Å². The number of nitrogens with two attached hydrogens (primary N) is 1. The number of alkyl halides is 3. The van der Waals surface area contributed by atoms with E-state index in [1.807, 2.05) is 0 Å². The third kappa shape index (κ3) is 3.24. The second-order valence-corrected chi connectivity index (χ2v) is 2.96.